The van der Waals surface area contributed by atoms with Crippen LogP contribution in [0.1, 0.15) is 92.3 Å². The van der Waals surface area contributed by atoms with E-state index in [1.807, 2.05) is 60.7 Å². The summed E-state index contributed by atoms with van der Waals surface area (Å²) in [5, 5.41) is 13.5. The summed E-state index contributed by atoms with van der Waals surface area (Å²) < 4.78 is 1.02. The van der Waals surface area contributed by atoms with Crippen LogP contribution in [0, 0.1) is 5.92 Å². The second-order valence-corrected chi connectivity index (χ2v) is 14.8. The van der Waals surface area contributed by atoms with Crippen molar-refractivity contribution >= 4 is 45.1 Å². The first kappa shape index (κ1) is 33.2. The van der Waals surface area contributed by atoms with Crippen molar-refractivity contribution in [2.75, 3.05) is 0 Å². The number of thiophene rings is 1. The van der Waals surface area contributed by atoms with E-state index >= 15 is 0 Å². The normalized spacial score (nSPS) is 24.6. The highest BCUT2D eigenvalue weighted by Crippen LogP contribution is 2.32. The topological polar surface area (TPSA) is 142 Å². The van der Waals surface area contributed by atoms with Crippen molar-refractivity contribution in [2.45, 2.75) is 113 Å². The van der Waals surface area contributed by atoms with E-state index in [1.54, 1.807) is 0 Å². The highest BCUT2D eigenvalue weighted by atomic mass is 32.1. The average Bonchev–Trinajstić information content (AvgIpc) is 3.74. The third-order valence-corrected chi connectivity index (χ3v) is 11.5. The molecule has 5 atom stereocenters. The Morgan fingerprint density at radius 2 is 1.60 bits per heavy atom. The van der Waals surface area contributed by atoms with Gasteiger partial charge in [-0.05, 0) is 68.0 Å². The van der Waals surface area contributed by atoms with Crippen molar-refractivity contribution in [3.8, 4) is 0 Å². The van der Waals surface area contributed by atoms with Crippen LogP contribution in [0.4, 0.5) is 0 Å². The van der Waals surface area contributed by atoms with Crippen LogP contribution in [0.3, 0.4) is 0 Å². The standard InChI is InChI=1S/C37H47N5O4S/c38-28-16-5-6-17-29(28)40-33(43)26-14-10-15-27(22-26)39-34(44)30(21-24-11-2-1-3-12-24)41-36(46)37(19-8-9-20-37)42-35(45)32-23-25-13-4-7-18-31(25)47-32/h1-4,7,11-13,18,23,26-30H,5-6,8-10,14-17,19-22,38H2,(H,39,44)(H,40,43)(H,41,46)(H,42,45)/t26-,27+,28-,29+,30-/m1/s1. The van der Waals surface area contributed by atoms with Crippen molar-refractivity contribution in [1.82, 2.24) is 21.3 Å². The Kier molecular flexibility index (Phi) is 10.6. The molecule has 0 spiro atoms. The van der Waals surface area contributed by atoms with Gasteiger partial charge in [0.25, 0.3) is 5.91 Å². The predicted octanol–water partition coefficient (Wildman–Crippen LogP) is 4.73. The van der Waals surface area contributed by atoms with Gasteiger partial charge >= 0.3 is 0 Å². The van der Waals surface area contributed by atoms with Crippen LogP contribution in [0.5, 0.6) is 0 Å². The molecule has 3 saturated carbocycles. The Hall–Kier alpha value is -3.76. The highest BCUT2D eigenvalue weighted by molar-refractivity contribution is 7.20. The molecule has 3 aliphatic rings. The van der Waals surface area contributed by atoms with Crippen LogP contribution in [-0.4, -0.2) is 53.3 Å². The second kappa shape index (κ2) is 15.0. The molecule has 9 nitrogen and oxygen atoms in total. The van der Waals surface area contributed by atoms with Gasteiger partial charge in [-0.25, -0.2) is 0 Å². The SMILES string of the molecule is N[C@@H]1CCCC[C@@H]1NC(=O)[C@@H]1CCC[C@H](NC(=O)[C@@H](Cc2ccccc2)NC(=O)C2(NC(=O)c3cc4ccccc4s3)CCCC2)C1. The lowest BCUT2D eigenvalue weighted by atomic mass is 9.84. The molecule has 10 heteroatoms. The Morgan fingerprint density at radius 3 is 2.36 bits per heavy atom. The summed E-state index contributed by atoms with van der Waals surface area (Å²) in [5.74, 6) is -1.03. The van der Waals surface area contributed by atoms with Gasteiger partial charge < -0.3 is 27.0 Å². The number of nitrogens with two attached hydrogens (primary N) is 1. The van der Waals surface area contributed by atoms with Gasteiger partial charge in [0.2, 0.25) is 17.7 Å². The van der Waals surface area contributed by atoms with Crippen molar-refractivity contribution in [1.29, 1.82) is 0 Å². The van der Waals surface area contributed by atoms with Crippen molar-refractivity contribution in [2.24, 2.45) is 11.7 Å². The summed E-state index contributed by atoms with van der Waals surface area (Å²) in [7, 11) is 0. The molecular weight excluding hydrogens is 611 g/mol. The molecule has 250 valence electrons. The van der Waals surface area contributed by atoms with E-state index in [0.717, 1.165) is 73.4 Å². The molecule has 0 radical (unpaired) electrons. The molecule has 0 bridgehead atoms. The lowest BCUT2D eigenvalue weighted by molar-refractivity contribution is -0.133. The molecule has 3 aliphatic carbocycles. The number of carbonyl (C=O) groups is 4. The molecule has 3 fully saturated rings. The lowest BCUT2D eigenvalue weighted by Crippen LogP contribution is -2.61. The van der Waals surface area contributed by atoms with E-state index in [4.69, 9.17) is 5.73 Å². The summed E-state index contributed by atoms with van der Waals surface area (Å²) >= 11 is 1.41. The maximum absolute atomic E-state index is 14.1. The van der Waals surface area contributed by atoms with Crippen molar-refractivity contribution < 1.29 is 19.2 Å². The van der Waals surface area contributed by atoms with Gasteiger partial charge in [0.1, 0.15) is 11.6 Å². The first-order valence-corrected chi connectivity index (χ1v) is 18.1. The highest BCUT2D eigenvalue weighted by Gasteiger charge is 2.44. The van der Waals surface area contributed by atoms with Gasteiger partial charge in [-0.3, -0.25) is 19.2 Å². The molecule has 0 saturated heterocycles. The van der Waals surface area contributed by atoms with E-state index in [1.165, 1.54) is 11.3 Å². The largest absolute Gasteiger partial charge is 0.352 e. The van der Waals surface area contributed by atoms with Crippen molar-refractivity contribution in [3.05, 3.63) is 71.1 Å². The van der Waals surface area contributed by atoms with Gasteiger partial charge in [0, 0.05) is 35.2 Å². The van der Waals surface area contributed by atoms with E-state index in [2.05, 4.69) is 21.3 Å². The number of fused-ring (bicyclic) bond motifs is 1. The van der Waals surface area contributed by atoms with Crippen LogP contribution in [0.25, 0.3) is 10.1 Å². The summed E-state index contributed by atoms with van der Waals surface area (Å²) in [5.41, 5.74) is 6.12. The minimum atomic E-state index is -1.09. The lowest BCUT2D eigenvalue weighted by Gasteiger charge is -2.34. The predicted molar refractivity (Wildman–Crippen MR) is 185 cm³/mol. The molecular formula is C37H47N5O4S. The zero-order valence-electron chi connectivity index (χ0n) is 27.0. The number of benzene rings is 2. The van der Waals surface area contributed by atoms with Gasteiger partial charge in [-0.1, -0.05) is 80.6 Å². The van der Waals surface area contributed by atoms with Gasteiger partial charge in [-0.15, -0.1) is 11.3 Å². The van der Waals surface area contributed by atoms with E-state index in [0.29, 0.717) is 30.6 Å². The maximum atomic E-state index is 14.1. The Bertz CT molecular complexity index is 1540. The minimum Gasteiger partial charge on any atom is -0.352 e. The second-order valence-electron chi connectivity index (χ2n) is 13.7. The number of amides is 4. The van der Waals surface area contributed by atoms with E-state index in [9.17, 15) is 19.2 Å². The number of carbonyl (C=O) groups excluding carboxylic acids is 4. The number of nitrogens with one attached hydrogen (secondary N) is 4. The summed E-state index contributed by atoms with van der Waals surface area (Å²) in [6.07, 6.45) is 9.94. The van der Waals surface area contributed by atoms with Crippen LogP contribution >= 0.6 is 11.3 Å². The summed E-state index contributed by atoms with van der Waals surface area (Å²) in [6, 6.07) is 18.3. The zero-order chi connectivity index (χ0) is 32.8. The van der Waals surface area contributed by atoms with E-state index in [-0.39, 0.29) is 47.7 Å². The quantitative estimate of drug-likeness (QED) is 0.214. The fraction of sp³-hybridized carbons (Fsp3) is 0.514. The fourth-order valence-corrected chi connectivity index (χ4v) is 8.57. The van der Waals surface area contributed by atoms with Crippen LogP contribution in [0.2, 0.25) is 0 Å². The van der Waals surface area contributed by atoms with E-state index < -0.39 is 11.6 Å². The molecule has 6 rings (SSSR count). The molecule has 1 heterocycles. The average molecular weight is 658 g/mol. The third-order valence-electron chi connectivity index (χ3n) is 10.3. The van der Waals surface area contributed by atoms with Gasteiger partial charge in [0.15, 0.2) is 0 Å². The fourth-order valence-electron chi connectivity index (χ4n) is 7.62. The van der Waals surface area contributed by atoms with Gasteiger partial charge in [-0.2, -0.15) is 0 Å². The molecule has 2 aromatic carbocycles. The molecule has 0 unspecified atom stereocenters. The molecule has 0 aliphatic heterocycles. The molecule has 3 aromatic rings. The Morgan fingerprint density at radius 1 is 0.851 bits per heavy atom. The Labute approximate surface area is 280 Å². The van der Waals surface area contributed by atoms with Crippen LogP contribution < -0.4 is 27.0 Å². The number of hydrogen-bond acceptors (Lipinski definition) is 6. The van der Waals surface area contributed by atoms with Crippen LogP contribution in [-0.2, 0) is 20.8 Å². The first-order valence-electron chi connectivity index (χ1n) is 17.3. The first-order chi connectivity index (χ1) is 22.8. The molecule has 6 N–H and O–H groups in total. The van der Waals surface area contributed by atoms with Gasteiger partial charge in [0.05, 0.1) is 4.88 Å². The third kappa shape index (κ3) is 8.04. The summed E-state index contributed by atoms with van der Waals surface area (Å²) in [6.45, 7) is 0. The number of hydrogen-bond donors (Lipinski definition) is 5. The molecule has 4 amide bonds. The minimum absolute atomic E-state index is 0.00738. The Balaban J connectivity index is 1.13. The molecule has 47 heavy (non-hydrogen) atoms. The molecule has 1 aromatic heterocycles. The summed E-state index contributed by atoms with van der Waals surface area (Å²) in [4.78, 5) is 55.3. The number of rotatable bonds is 10. The van der Waals surface area contributed by atoms with Crippen molar-refractivity contribution in [3.63, 3.8) is 0 Å². The monoisotopic (exact) mass is 657 g/mol. The van der Waals surface area contributed by atoms with Crippen LogP contribution in [0.15, 0.2) is 60.7 Å². The smallest absolute Gasteiger partial charge is 0.262 e. The maximum Gasteiger partial charge on any atom is 0.262 e. The zero-order valence-corrected chi connectivity index (χ0v) is 27.8.